The van der Waals surface area contributed by atoms with Crippen molar-refractivity contribution in [1.82, 2.24) is 19.6 Å². The molecule has 0 saturated carbocycles. The van der Waals surface area contributed by atoms with Crippen LogP contribution in [0, 0.1) is 0 Å². The summed E-state index contributed by atoms with van der Waals surface area (Å²) in [5.41, 5.74) is 1.97. The standard InChI is InChI=1S/C15H15N5O/c1-10(2)14-19-18-13-6-5-12(9-20(13)14)17-15(21)11-4-3-7-16-8-11/h3-10H,1-2H3,(H,17,21). The van der Waals surface area contributed by atoms with Crippen LogP contribution in [0.15, 0.2) is 42.9 Å². The molecule has 6 heteroatoms. The highest BCUT2D eigenvalue weighted by Gasteiger charge is 2.11. The first-order chi connectivity index (χ1) is 10.1. The Morgan fingerprint density at radius 3 is 2.81 bits per heavy atom. The van der Waals surface area contributed by atoms with E-state index in [2.05, 4.69) is 34.3 Å². The number of pyridine rings is 2. The van der Waals surface area contributed by atoms with Gasteiger partial charge in [-0.1, -0.05) is 13.8 Å². The van der Waals surface area contributed by atoms with Crippen molar-refractivity contribution in [3.63, 3.8) is 0 Å². The van der Waals surface area contributed by atoms with Crippen LogP contribution in [0.4, 0.5) is 5.69 Å². The van der Waals surface area contributed by atoms with Crippen molar-refractivity contribution < 1.29 is 4.79 Å². The van der Waals surface area contributed by atoms with Gasteiger partial charge in [0.15, 0.2) is 5.65 Å². The fraction of sp³-hybridized carbons (Fsp3) is 0.200. The Bertz CT molecular complexity index is 779. The molecule has 3 aromatic heterocycles. The maximum absolute atomic E-state index is 12.1. The molecule has 0 aliphatic heterocycles. The van der Waals surface area contributed by atoms with E-state index in [0.717, 1.165) is 11.5 Å². The Morgan fingerprint density at radius 1 is 1.24 bits per heavy atom. The monoisotopic (exact) mass is 281 g/mol. The van der Waals surface area contributed by atoms with Crippen LogP contribution in [0.1, 0.15) is 35.9 Å². The number of amides is 1. The molecule has 1 amide bonds. The van der Waals surface area contributed by atoms with E-state index < -0.39 is 0 Å². The molecule has 0 aromatic carbocycles. The van der Waals surface area contributed by atoms with Crippen LogP contribution in [0.5, 0.6) is 0 Å². The third-order valence-corrected chi connectivity index (χ3v) is 3.13. The quantitative estimate of drug-likeness (QED) is 0.800. The summed E-state index contributed by atoms with van der Waals surface area (Å²) in [5, 5.41) is 11.1. The van der Waals surface area contributed by atoms with E-state index in [1.54, 1.807) is 18.3 Å². The first-order valence-corrected chi connectivity index (χ1v) is 6.71. The second-order valence-electron chi connectivity index (χ2n) is 5.05. The molecule has 21 heavy (non-hydrogen) atoms. The predicted octanol–water partition coefficient (Wildman–Crippen LogP) is 2.50. The summed E-state index contributed by atoms with van der Waals surface area (Å²) in [5.74, 6) is 0.924. The SMILES string of the molecule is CC(C)c1nnc2ccc(NC(=O)c3cccnc3)cn12. The van der Waals surface area contributed by atoms with Gasteiger partial charge in [0.1, 0.15) is 5.82 Å². The van der Waals surface area contributed by atoms with Crippen LogP contribution in [-0.4, -0.2) is 25.5 Å². The minimum absolute atomic E-state index is 0.193. The zero-order chi connectivity index (χ0) is 14.8. The van der Waals surface area contributed by atoms with Crippen molar-refractivity contribution >= 4 is 17.2 Å². The fourth-order valence-corrected chi connectivity index (χ4v) is 2.08. The van der Waals surface area contributed by atoms with Gasteiger partial charge in [-0.05, 0) is 24.3 Å². The normalized spacial score (nSPS) is 11.0. The van der Waals surface area contributed by atoms with Crippen molar-refractivity contribution in [2.24, 2.45) is 0 Å². The molecule has 3 heterocycles. The molecule has 0 atom stereocenters. The molecule has 106 valence electrons. The molecule has 0 aliphatic rings. The van der Waals surface area contributed by atoms with Gasteiger partial charge in [-0.2, -0.15) is 0 Å². The highest BCUT2D eigenvalue weighted by Crippen LogP contribution is 2.17. The van der Waals surface area contributed by atoms with Gasteiger partial charge >= 0.3 is 0 Å². The largest absolute Gasteiger partial charge is 0.321 e. The van der Waals surface area contributed by atoms with Crippen LogP contribution >= 0.6 is 0 Å². The Labute approximate surface area is 121 Å². The number of nitrogens with zero attached hydrogens (tertiary/aromatic N) is 4. The van der Waals surface area contributed by atoms with E-state index in [4.69, 9.17) is 0 Å². The molecule has 3 rings (SSSR count). The number of hydrogen-bond acceptors (Lipinski definition) is 4. The number of rotatable bonds is 3. The summed E-state index contributed by atoms with van der Waals surface area (Å²) in [4.78, 5) is 16.1. The number of hydrogen-bond donors (Lipinski definition) is 1. The zero-order valence-electron chi connectivity index (χ0n) is 11.8. The minimum atomic E-state index is -0.193. The third kappa shape index (κ3) is 2.60. The first-order valence-electron chi connectivity index (χ1n) is 6.71. The Balaban J connectivity index is 1.91. The molecular formula is C15H15N5O. The highest BCUT2D eigenvalue weighted by atomic mass is 16.1. The number of anilines is 1. The van der Waals surface area contributed by atoms with Gasteiger partial charge < -0.3 is 5.32 Å². The van der Waals surface area contributed by atoms with E-state index in [1.807, 2.05) is 22.7 Å². The second-order valence-corrected chi connectivity index (χ2v) is 5.05. The van der Waals surface area contributed by atoms with Crippen LogP contribution < -0.4 is 5.32 Å². The topological polar surface area (TPSA) is 72.2 Å². The van der Waals surface area contributed by atoms with Gasteiger partial charge in [-0.15, -0.1) is 10.2 Å². The molecule has 1 N–H and O–H groups in total. The van der Waals surface area contributed by atoms with Crippen molar-refractivity contribution in [3.8, 4) is 0 Å². The number of aromatic nitrogens is 4. The summed E-state index contributed by atoms with van der Waals surface area (Å²) < 4.78 is 1.89. The number of nitrogens with one attached hydrogen (secondary N) is 1. The summed E-state index contributed by atoms with van der Waals surface area (Å²) in [6, 6.07) is 7.09. The van der Waals surface area contributed by atoms with Gasteiger partial charge in [0, 0.05) is 24.5 Å². The molecular weight excluding hydrogens is 266 g/mol. The van der Waals surface area contributed by atoms with Crippen molar-refractivity contribution in [2.45, 2.75) is 19.8 Å². The predicted molar refractivity (Wildman–Crippen MR) is 79.3 cm³/mol. The maximum Gasteiger partial charge on any atom is 0.257 e. The van der Waals surface area contributed by atoms with Crippen molar-refractivity contribution in [1.29, 1.82) is 0 Å². The molecule has 0 spiro atoms. The number of carbonyl (C=O) groups is 1. The number of fused-ring (bicyclic) bond motifs is 1. The van der Waals surface area contributed by atoms with Crippen LogP contribution in [0.25, 0.3) is 5.65 Å². The fourth-order valence-electron chi connectivity index (χ4n) is 2.08. The molecule has 0 unspecified atom stereocenters. The smallest absolute Gasteiger partial charge is 0.257 e. The highest BCUT2D eigenvalue weighted by molar-refractivity contribution is 6.03. The van der Waals surface area contributed by atoms with E-state index in [9.17, 15) is 4.79 Å². The number of carbonyl (C=O) groups excluding carboxylic acids is 1. The van der Waals surface area contributed by atoms with Gasteiger partial charge in [0.05, 0.1) is 11.3 Å². The summed E-state index contributed by atoms with van der Waals surface area (Å²) >= 11 is 0. The lowest BCUT2D eigenvalue weighted by atomic mass is 10.2. The summed E-state index contributed by atoms with van der Waals surface area (Å²) in [7, 11) is 0. The van der Waals surface area contributed by atoms with Crippen molar-refractivity contribution in [3.05, 3.63) is 54.2 Å². The average Bonchev–Trinajstić information content (AvgIpc) is 2.91. The summed E-state index contributed by atoms with van der Waals surface area (Å²) in [6.07, 6.45) is 5.00. The summed E-state index contributed by atoms with van der Waals surface area (Å²) in [6.45, 7) is 4.11. The van der Waals surface area contributed by atoms with Gasteiger partial charge in [-0.3, -0.25) is 14.2 Å². The van der Waals surface area contributed by atoms with Crippen molar-refractivity contribution in [2.75, 3.05) is 5.32 Å². The molecule has 6 nitrogen and oxygen atoms in total. The van der Waals surface area contributed by atoms with Crippen LogP contribution in [-0.2, 0) is 0 Å². The van der Waals surface area contributed by atoms with Gasteiger partial charge in [-0.25, -0.2) is 0 Å². The van der Waals surface area contributed by atoms with E-state index in [0.29, 0.717) is 11.3 Å². The average molecular weight is 281 g/mol. The lowest BCUT2D eigenvalue weighted by Gasteiger charge is -2.07. The molecule has 0 bridgehead atoms. The molecule has 0 fully saturated rings. The van der Waals surface area contributed by atoms with Gasteiger partial charge in [0.2, 0.25) is 0 Å². The van der Waals surface area contributed by atoms with Gasteiger partial charge in [0.25, 0.3) is 5.91 Å². The second kappa shape index (κ2) is 5.32. The van der Waals surface area contributed by atoms with E-state index in [-0.39, 0.29) is 11.8 Å². The van der Waals surface area contributed by atoms with Crippen LogP contribution in [0.3, 0.4) is 0 Å². The Morgan fingerprint density at radius 2 is 2.10 bits per heavy atom. The Hall–Kier alpha value is -2.76. The third-order valence-electron chi connectivity index (χ3n) is 3.13. The van der Waals surface area contributed by atoms with E-state index in [1.165, 1.54) is 6.20 Å². The zero-order valence-corrected chi connectivity index (χ0v) is 11.8. The molecule has 0 aliphatic carbocycles. The molecule has 0 radical (unpaired) electrons. The maximum atomic E-state index is 12.1. The lowest BCUT2D eigenvalue weighted by Crippen LogP contribution is -2.12. The minimum Gasteiger partial charge on any atom is -0.321 e. The lowest BCUT2D eigenvalue weighted by molar-refractivity contribution is 0.102. The first kappa shape index (κ1) is 13.2. The molecule has 0 saturated heterocycles. The Kier molecular flexibility index (Phi) is 3.35. The molecule has 3 aromatic rings. The van der Waals surface area contributed by atoms with Crippen LogP contribution in [0.2, 0.25) is 0 Å². The van der Waals surface area contributed by atoms with E-state index >= 15 is 0 Å².